The largest absolute Gasteiger partial charge is 0.508 e. The highest BCUT2D eigenvalue weighted by atomic mass is 32.1. The Labute approximate surface area is 308 Å². The molecule has 2 heterocycles. The van der Waals surface area contributed by atoms with E-state index in [1.54, 1.807) is 40.6 Å². The number of likely N-dealkylation sites (N-methyl/N-ethyl adjacent to an activating group) is 1. The maximum absolute atomic E-state index is 14.4. The van der Waals surface area contributed by atoms with E-state index < -0.39 is 6.04 Å². The molecule has 6 atom stereocenters. The normalized spacial score (nSPS) is 17.9. The fraction of sp³-hybridized carbons (Fsp3) is 0.615. The van der Waals surface area contributed by atoms with E-state index in [0.29, 0.717) is 31.4 Å². The van der Waals surface area contributed by atoms with Crippen LogP contribution < -0.4 is 10.6 Å². The minimum atomic E-state index is -0.696. The van der Waals surface area contributed by atoms with Crippen molar-refractivity contribution in [2.45, 2.75) is 110 Å². The van der Waals surface area contributed by atoms with Crippen LogP contribution in [-0.2, 0) is 32.0 Å². The van der Waals surface area contributed by atoms with Crippen molar-refractivity contribution in [2.24, 2.45) is 17.8 Å². The van der Waals surface area contributed by atoms with Crippen molar-refractivity contribution >= 4 is 35.3 Å². The van der Waals surface area contributed by atoms with E-state index in [9.17, 15) is 24.3 Å². The van der Waals surface area contributed by atoms with Crippen molar-refractivity contribution in [1.29, 1.82) is 0 Å². The molecule has 282 valence electrons. The summed E-state index contributed by atoms with van der Waals surface area (Å²) in [5.41, 5.74) is 1.24. The quantitative estimate of drug-likeness (QED) is 0.0675. The smallest absolute Gasteiger partial charge is 0.270 e. The zero-order chi connectivity index (χ0) is 37.5. The van der Waals surface area contributed by atoms with Gasteiger partial charge in [0.2, 0.25) is 11.8 Å². The molecule has 1 aromatic heterocycles. The number of hydrogen-bond donors (Lipinski definition) is 3. The number of benzene rings is 1. The van der Waals surface area contributed by atoms with E-state index in [4.69, 9.17) is 4.74 Å². The molecule has 3 N–H and O–H groups in total. The molecule has 3 amide bonds. The van der Waals surface area contributed by atoms with E-state index in [1.165, 1.54) is 11.3 Å². The predicted octanol–water partition coefficient (Wildman–Crippen LogP) is 5.38. The standard InChI is InChI=1S/C39H59N5O6S/c1-8-20-50-25-44(39(49)36(28(6)9-2)42-38(48)34-12-10-11-19-43(34)7)33(26(3)4)17-18-35-41-32(24-51-35)37(47)40-30(21-27(5)23-45)22-29-13-15-31(46)16-14-29/h8,13-16,23-24,26-28,30,33-34,36,46H,1,9-12,17-22,25H2,2-7H3,(H,40,47)(H,42,48)/t27-,28?,30+,33?,34+,36-/m0/s1. The number of ether oxygens (including phenoxy) is 1. The topological polar surface area (TPSA) is 141 Å². The van der Waals surface area contributed by atoms with Gasteiger partial charge in [0.05, 0.1) is 17.7 Å². The molecule has 0 saturated carbocycles. The number of aryl methyl sites for hydroxylation is 1. The third kappa shape index (κ3) is 12.8. The first-order chi connectivity index (χ1) is 24.4. The van der Waals surface area contributed by atoms with Gasteiger partial charge in [-0.3, -0.25) is 19.3 Å². The van der Waals surface area contributed by atoms with Crippen molar-refractivity contribution in [3.05, 3.63) is 58.6 Å². The van der Waals surface area contributed by atoms with Crippen LogP contribution in [0, 0.1) is 17.8 Å². The predicted molar refractivity (Wildman–Crippen MR) is 201 cm³/mol. The van der Waals surface area contributed by atoms with Crippen molar-refractivity contribution in [3.8, 4) is 5.75 Å². The second-order valence-corrected chi connectivity index (χ2v) is 15.3. The van der Waals surface area contributed by atoms with E-state index in [2.05, 4.69) is 40.9 Å². The molecule has 0 spiro atoms. The molecule has 51 heavy (non-hydrogen) atoms. The van der Waals surface area contributed by atoms with Gasteiger partial charge in [-0.1, -0.05) is 65.7 Å². The number of carbonyl (C=O) groups excluding carboxylic acids is 4. The summed E-state index contributed by atoms with van der Waals surface area (Å²) in [6.45, 7) is 14.9. The molecule has 2 unspecified atom stereocenters. The summed E-state index contributed by atoms with van der Waals surface area (Å²) in [4.78, 5) is 61.2. The van der Waals surface area contributed by atoms with Crippen molar-refractivity contribution in [3.63, 3.8) is 0 Å². The molecule has 11 nitrogen and oxygen atoms in total. The van der Waals surface area contributed by atoms with Gasteiger partial charge in [-0.25, -0.2) is 4.98 Å². The van der Waals surface area contributed by atoms with Crippen LogP contribution in [0.15, 0.2) is 42.3 Å². The van der Waals surface area contributed by atoms with Gasteiger partial charge in [-0.05, 0) is 75.2 Å². The highest BCUT2D eigenvalue weighted by Gasteiger charge is 2.37. The summed E-state index contributed by atoms with van der Waals surface area (Å²) in [5, 5.41) is 18.4. The van der Waals surface area contributed by atoms with Gasteiger partial charge in [0, 0.05) is 29.8 Å². The maximum atomic E-state index is 14.4. The van der Waals surface area contributed by atoms with E-state index in [-0.39, 0.29) is 72.7 Å². The third-order valence-electron chi connectivity index (χ3n) is 9.85. The average molecular weight is 726 g/mol. The zero-order valence-electron chi connectivity index (χ0n) is 31.3. The van der Waals surface area contributed by atoms with Crippen LogP contribution >= 0.6 is 11.3 Å². The molecule has 3 rings (SSSR count). The molecule has 1 fully saturated rings. The number of amides is 3. The first-order valence-corrected chi connectivity index (χ1v) is 19.2. The number of aromatic hydroxyl groups is 1. The van der Waals surface area contributed by atoms with Gasteiger partial charge in [-0.15, -0.1) is 17.9 Å². The fourth-order valence-corrected chi connectivity index (χ4v) is 7.39. The highest BCUT2D eigenvalue weighted by Crippen LogP contribution is 2.24. The summed E-state index contributed by atoms with van der Waals surface area (Å²) < 4.78 is 5.87. The first-order valence-electron chi connectivity index (χ1n) is 18.4. The van der Waals surface area contributed by atoms with Crippen LogP contribution in [0.3, 0.4) is 0 Å². The lowest BCUT2D eigenvalue weighted by Crippen LogP contribution is -2.59. The fourth-order valence-electron chi connectivity index (χ4n) is 6.60. The number of nitrogens with one attached hydrogen (secondary N) is 2. The van der Waals surface area contributed by atoms with E-state index in [1.807, 2.05) is 27.8 Å². The van der Waals surface area contributed by atoms with Crippen LogP contribution in [0.5, 0.6) is 5.75 Å². The number of phenolic OH excluding ortho intramolecular Hbond substituents is 1. The molecule has 1 aliphatic heterocycles. The molecule has 1 aliphatic rings. The Morgan fingerprint density at radius 2 is 1.88 bits per heavy atom. The van der Waals surface area contributed by atoms with Crippen LogP contribution in [0.2, 0.25) is 0 Å². The van der Waals surface area contributed by atoms with Crippen LogP contribution in [0.1, 0.15) is 94.2 Å². The maximum Gasteiger partial charge on any atom is 0.270 e. The summed E-state index contributed by atoms with van der Waals surface area (Å²) in [6, 6.07) is 5.34. The number of aldehydes is 1. The number of piperidine rings is 1. The van der Waals surface area contributed by atoms with Crippen molar-refractivity contribution < 1.29 is 29.0 Å². The van der Waals surface area contributed by atoms with Gasteiger partial charge in [0.25, 0.3) is 5.91 Å². The van der Waals surface area contributed by atoms with Gasteiger partial charge >= 0.3 is 0 Å². The Kier molecular flexibility index (Phi) is 17.3. The monoisotopic (exact) mass is 725 g/mol. The number of nitrogens with zero attached hydrogens (tertiary/aromatic N) is 3. The number of carbonyl (C=O) groups is 4. The SMILES string of the molecule is C=CCOCN(C(=O)[C@@H](NC(=O)[C@H]1CCCCN1C)C(C)CC)C(CCc1nc(C(=O)N[C@@H](Cc2ccc(O)cc2)C[C@H](C)C=O)cs1)C(C)C. The van der Waals surface area contributed by atoms with Gasteiger partial charge in [0.15, 0.2) is 0 Å². The zero-order valence-corrected chi connectivity index (χ0v) is 32.1. The van der Waals surface area contributed by atoms with E-state index >= 15 is 0 Å². The first kappa shape index (κ1) is 41.8. The molecule has 0 bridgehead atoms. The molecule has 2 aromatic rings. The van der Waals surface area contributed by atoms with Crippen LogP contribution in [0.4, 0.5) is 0 Å². The van der Waals surface area contributed by atoms with Gasteiger partial charge in [-0.2, -0.15) is 0 Å². The number of rotatable bonds is 21. The molecule has 0 aliphatic carbocycles. The van der Waals surface area contributed by atoms with Crippen LogP contribution in [-0.4, -0.2) is 95.0 Å². The lowest BCUT2D eigenvalue weighted by atomic mass is 9.93. The highest BCUT2D eigenvalue weighted by molar-refractivity contribution is 7.09. The van der Waals surface area contributed by atoms with Crippen molar-refractivity contribution in [1.82, 2.24) is 25.4 Å². The summed E-state index contributed by atoms with van der Waals surface area (Å²) >= 11 is 1.40. The lowest BCUT2D eigenvalue weighted by Gasteiger charge is -2.39. The molecule has 0 radical (unpaired) electrons. The van der Waals surface area contributed by atoms with Gasteiger partial charge < -0.3 is 30.2 Å². The summed E-state index contributed by atoms with van der Waals surface area (Å²) in [6.07, 6.45) is 8.17. The third-order valence-corrected chi connectivity index (χ3v) is 10.8. The number of phenols is 1. The Bertz CT molecular complexity index is 1410. The average Bonchev–Trinajstić information content (AvgIpc) is 3.59. The number of hydrogen-bond acceptors (Lipinski definition) is 9. The van der Waals surface area contributed by atoms with Gasteiger partial charge in [0.1, 0.15) is 30.5 Å². The molecule has 1 saturated heterocycles. The molecular weight excluding hydrogens is 667 g/mol. The molecule has 1 aromatic carbocycles. The Morgan fingerprint density at radius 1 is 1.16 bits per heavy atom. The van der Waals surface area contributed by atoms with Crippen LogP contribution in [0.25, 0.3) is 0 Å². The molecule has 12 heteroatoms. The minimum Gasteiger partial charge on any atom is -0.508 e. The second-order valence-electron chi connectivity index (χ2n) is 14.3. The second kappa shape index (κ2) is 21.0. The number of aromatic nitrogens is 1. The number of thiazole rings is 1. The number of likely N-dealkylation sites (tertiary alicyclic amines) is 1. The minimum absolute atomic E-state index is 0.0625. The Morgan fingerprint density at radius 3 is 2.51 bits per heavy atom. The Balaban J connectivity index is 1.75. The Hall–Kier alpha value is -3.61. The van der Waals surface area contributed by atoms with Crippen molar-refractivity contribution in [2.75, 3.05) is 26.9 Å². The van der Waals surface area contributed by atoms with E-state index in [0.717, 1.165) is 49.1 Å². The summed E-state index contributed by atoms with van der Waals surface area (Å²) in [5.74, 6) is -0.679. The summed E-state index contributed by atoms with van der Waals surface area (Å²) in [7, 11) is 1.96. The lowest BCUT2D eigenvalue weighted by molar-refractivity contribution is -0.147. The molecular formula is C39H59N5O6S.